The molecule has 1 unspecified atom stereocenters. The van der Waals surface area contributed by atoms with E-state index in [9.17, 15) is 0 Å². The van der Waals surface area contributed by atoms with Gasteiger partial charge in [-0.3, -0.25) is 0 Å². The van der Waals surface area contributed by atoms with Gasteiger partial charge in [0, 0.05) is 4.47 Å². The Kier molecular flexibility index (Phi) is 5.43. The summed E-state index contributed by atoms with van der Waals surface area (Å²) in [4.78, 5) is 0. The van der Waals surface area contributed by atoms with Crippen LogP contribution < -0.4 is 10.1 Å². The predicted octanol–water partition coefficient (Wildman–Crippen LogP) is 4.85. The van der Waals surface area contributed by atoms with Gasteiger partial charge in [0.25, 0.3) is 0 Å². The first kappa shape index (κ1) is 16.1. The van der Waals surface area contributed by atoms with E-state index >= 15 is 0 Å². The van der Waals surface area contributed by atoms with Crippen LogP contribution in [0.5, 0.6) is 5.75 Å². The van der Waals surface area contributed by atoms with Crippen LogP contribution in [0.4, 0.5) is 0 Å². The summed E-state index contributed by atoms with van der Waals surface area (Å²) in [5.41, 5.74) is 3.79. The second-order valence-electron chi connectivity index (χ2n) is 5.46. The Bertz CT molecular complexity index is 593. The molecule has 0 radical (unpaired) electrons. The molecule has 0 fully saturated rings. The Morgan fingerprint density at radius 1 is 1.05 bits per heavy atom. The molecule has 2 rings (SSSR count). The molecule has 1 N–H and O–H groups in total. The lowest BCUT2D eigenvalue weighted by atomic mass is 9.95. The number of hydrogen-bond donors (Lipinski definition) is 1. The number of benzene rings is 2. The fourth-order valence-corrected chi connectivity index (χ4v) is 2.95. The molecule has 0 aliphatic carbocycles. The van der Waals surface area contributed by atoms with Gasteiger partial charge in [-0.05, 0) is 68.8 Å². The molecule has 0 aliphatic rings. The van der Waals surface area contributed by atoms with Gasteiger partial charge in [0.15, 0.2) is 0 Å². The molecular formula is C18H22BrNO. The Morgan fingerprint density at radius 2 is 1.71 bits per heavy atom. The van der Waals surface area contributed by atoms with Gasteiger partial charge in [-0.2, -0.15) is 0 Å². The second-order valence-corrected chi connectivity index (χ2v) is 6.37. The number of ether oxygens (including phenoxy) is 1. The summed E-state index contributed by atoms with van der Waals surface area (Å²) in [6.07, 6.45) is 0.199. The van der Waals surface area contributed by atoms with E-state index in [-0.39, 0.29) is 12.1 Å². The van der Waals surface area contributed by atoms with Crippen molar-refractivity contribution >= 4 is 15.9 Å². The SMILES string of the molecule is CNC(c1ccc(OC(C)C)cc1)c1ccc(Br)cc1C. The average Bonchev–Trinajstić information content (AvgIpc) is 2.43. The largest absolute Gasteiger partial charge is 0.491 e. The summed E-state index contributed by atoms with van der Waals surface area (Å²) in [6, 6.07) is 14.9. The maximum Gasteiger partial charge on any atom is 0.119 e. The minimum Gasteiger partial charge on any atom is -0.491 e. The number of nitrogens with one attached hydrogen (secondary N) is 1. The van der Waals surface area contributed by atoms with E-state index in [1.54, 1.807) is 0 Å². The van der Waals surface area contributed by atoms with Crippen molar-refractivity contribution in [1.29, 1.82) is 0 Å². The molecule has 2 aromatic rings. The lowest BCUT2D eigenvalue weighted by Crippen LogP contribution is -2.18. The molecule has 0 heterocycles. The van der Waals surface area contributed by atoms with Crippen LogP contribution in [-0.4, -0.2) is 13.2 Å². The van der Waals surface area contributed by atoms with Gasteiger partial charge < -0.3 is 10.1 Å². The molecule has 0 spiro atoms. The molecule has 0 saturated carbocycles. The highest BCUT2D eigenvalue weighted by Gasteiger charge is 2.14. The van der Waals surface area contributed by atoms with Gasteiger partial charge in [-0.1, -0.05) is 34.1 Å². The molecule has 1 atom stereocenters. The lowest BCUT2D eigenvalue weighted by Gasteiger charge is -2.20. The van der Waals surface area contributed by atoms with Gasteiger partial charge in [0.1, 0.15) is 5.75 Å². The van der Waals surface area contributed by atoms with Gasteiger partial charge >= 0.3 is 0 Å². The predicted molar refractivity (Wildman–Crippen MR) is 92.0 cm³/mol. The van der Waals surface area contributed by atoms with E-state index in [1.807, 2.05) is 33.0 Å². The van der Waals surface area contributed by atoms with E-state index in [0.29, 0.717) is 0 Å². The maximum atomic E-state index is 5.70. The molecule has 0 aromatic heterocycles. The standard InChI is InChI=1S/C18H22BrNO/c1-12(2)21-16-8-5-14(6-9-16)18(20-4)17-10-7-15(19)11-13(17)3/h5-12,18,20H,1-4H3. The van der Waals surface area contributed by atoms with Crippen LogP contribution in [0.1, 0.15) is 36.6 Å². The van der Waals surface area contributed by atoms with Crippen molar-refractivity contribution in [2.45, 2.75) is 32.9 Å². The summed E-state index contributed by atoms with van der Waals surface area (Å²) in [6.45, 7) is 6.21. The molecule has 0 saturated heterocycles. The summed E-state index contributed by atoms with van der Waals surface area (Å²) in [5, 5.41) is 3.40. The minimum atomic E-state index is 0.186. The fourth-order valence-electron chi connectivity index (χ4n) is 2.48. The third-order valence-corrected chi connectivity index (χ3v) is 3.91. The van der Waals surface area contributed by atoms with Crippen LogP contribution in [0.2, 0.25) is 0 Å². The molecular weight excluding hydrogens is 326 g/mol. The maximum absolute atomic E-state index is 5.70. The van der Waals surface area contributed by atoms with Gasteiger partial charge in [0.2, 0.25) is 0 Å². The summed E-state index contributed by atoms with van der Waals surface area (Å²) >= 11 is 3.52. The van der Waals surface area contributed by atoms with Crippen LogP contribution >= 0.6 is 15.9 Å². The summed E-state index contributed by atoms with van der Waals surface area (Å²) < 4.78 is 6.81. The lowest BCUT2D eigenvalue weighted by molar-refractivity contribution is 0.242. The second kappa shape index (κ2) is 7.10. The first-order chi connectivity index (χ1) is 10.0. The third kappa shape index (κ3) is 4.08. The van der Waals surface area contributed by atoms with Crippen LogP contribution in [0.15, 0.2) is 46.9 Å². The summed E-state index contributed by atoms with van der Waals surface area (Å²) in [7, 11) is 1.99. The van der Waals surface area contributed by atoms with Crippen molar-refractivity contribution in [3.63, 3.8) is 0 Å². The zero-order chi connectivity index (χ0) is 15.4. The molecule has 2 aromatic carbocycles. The Morgan fingerprint density at radius 3 is 2.24 bits per heavy atom. The first-order valence-electron chi connectivity index (χ1n) is 7.21. The number of hydrogen-bond acceptors (Lipinski definition) is 2. The van der Waals surface area contributed by atoms with Crippen molar-refractivity contribution in [1.82, 2.24) is 5.32 Å². The smallest absolute Gasteiger partial charge is 0.119 e. The molecule has 112 valence electrons. The Balaban J connectivity index is 2.28. The van der Waals surface area contributed by atoms with Gasteiger partial charge in [-0.25, -0.2) is 0 Å². The quantitative estimate of drug-likeness (QED) is 0.834. The number of rotatable bonds is 5. The van der Waals surface area contributed by atoms with Crippen LogP contribution in [-0.2, 0) is 0 Å². The zero-order valence-corrected chi connectivity index (χ0v) is 14.6. The zero-order valence-electron chi connectivity index (χ0n) is 13.0. The highest BCUT2D eigenvalue weighted by atomic mass is 79.9. The number of aryl methyl sites for hydroxylation is 1. The van der Waals surface area contributed by atoms with Crippen LogP contribution in [0.25, 0.3) is 0 Å². The molecule has 0 amide bonds. The molecule has 21 heavy (non-hydrogen) atoms. The average molecular weight is 348 g/mol. The molecule has 0 aliphatic heterocycles. The van der Waals surface area contributed by atoms with Crippen molar-refractivity contribution < 1.29 is 4.74 Å². The van der Waals surface area contributed by atoms with Crippen LogP contribution in [0, 0.1) is 6.92 Å². The normalized spacial score (nSPS) is 12.5. The van der Waals surface area contributed by atoms with E-state index in [2.05, 4.69) is 58.5 Å². The fraction of sp³-hybridized carbons (Fsp3) is 0.333. The Hall–Kier alpha value is -1.32. The topological polar surface area (TPSA) is 21.3 Å². The van der Waals surface area contributed by atoms with E-state index in [1.165, 1.54) is 16.7 Å². The van der Waals surface area contributed by atoms with E-state index < -0.39 is 0 Å². The first-order valence-corrected chi connectivity index (χ1v) is 8.00. The molecule has 0 bridgehead atoms. The van der Waals surface area contributed by atoms with Gasteiger partial charge in [-0.15, -0.1) is 0 Å². The third-order valence-electron chi connectivity index (χ3n) is 3.42. The van der Waals surface area contributed by atoms with E-state index in [0.717, 1.165) is 10.2 Å². The monoisotopic (exact) mass is 347 g/mol. The van der Waals surface area contributed by atoms with Crippen molar-refractivity contribution in [3.8, 4) is 5.75 Å². The molecule has 3 heteroatoms. The highest BCUT2D eigenvalue weighted by Crippen LogP contribution is 2.28. The Labute approximate surface area is 135 Å². The van der Waals surface area contributed by atoms with E-state index in [4.69, 9.17) is 4.74 Å². The molecule has 2 nitrogen and oxygen atoms in total. The number of halogens is 1. The summed E-state index contributed by atoms with van der Waals surface area (Å²) in [5.74, 6) is 0.913. The van der Waals surface area contributed by atoms with Crippen molar-refractivity contribution in [2.75, 3.05) is 7.05 Å². The van der Waals surface area contributed by atoms with Crippen LogP contribution in [0.3, 0.4) is 0 Å². The van der Waals surface area contributed by atoms with Crippen molar-refractivity contribution in [2.24, 2.45) is 0 Å². The highest BCUT2D eigenvalue weighted by molar-refractivity contribution is 9.10. The minimum absolute atomic E-state index is 0.186. The van der Waals surface area contributed by atoms with Crippen molar-refractivity contribution in [3.05, 3.63) is 63.6 Å². The van der Waals surface area contributed by atoms with Gasteiger partial charge in [0.05, 0.1) is 12.1 Å².